The normalized spacial score (nSPS) is 11.2. The minimum absolute atomic E-state index is 0.132. The van der Waals surface area contributed by atoms with Crippen molar-refractivity contribution in [1.29, 1.82) is 0 Å². The van der Waals surface area contributed by atoms with Gasteiger partial charge in [-0.25, -0.2) is 0 Å². The topological polar surface area (TPSA) is 31.2 Å². The predicted octanol–water partition coefficient (Wildman–Crippen LogP) is 5.88. The Hall–Kier alpha value is -3.07. The van der Waals surface area contributed by atoms with Crippen LogP contribution in [0, 0.1) is 0 Å². The molecule has 0 unspecified atom stereocenters. The van der Waals surface area contributed by atoms with Gasteiger partial charge in [0.25, 0.3) is 0 Å². The zero-order valence-electron chi connectivity index (χ0n) is 16.2. The Kier molecular flexibility index (Phi) is 5.43. The first-order valence-electron chi connectivity index (χ1n) is 9.95. The van der Waals surface area contributed by atoms with E-state index in [0.29, 0.717) is 13.0 Å². The molecule has 28 heavy (non-hydrogen) atoms. The van der Waals surface area contributed by atoms with Crippen LogP contribution in [-0.4, -0.2) is 10.5 Å². The standard InChI is InChI=1S/C25H25NO2/c1-2-26-23-13-7-6-12-21(23)22-17-20(15-16-24(22)26)18-28-25(27)14-8-11-19-9-4-3-5-10-19/h3-7,9-10,12-13,15-17H,2,8,11,14,18H2,1H3. The van der Waals surface area contributed by atoms with E-state index < -0.39 is 0 Å². The minimum atomic E-state index is -0.132. The minimum Gasteiger partial charge on any atom is -0.461 e. The summed E-state index contributed by atoms with van der Waals surface area (Å²) in [6.07, 6.45) is 2.16. The van der Waals surface area contributed by atoms with Crippen molar-refractivity contribution in [3.8, 4) is 0 Å². The SMILES string of the molecule is CCn1c2ccccc2c2cc(COC(=O)CCCc3ccccc3)ccc21. The van der Waals surface area contributed by atoms with Crippen molar-refractivity contribution in [1.82, 2.24) is 4.57 Å². The third kappa shape index (κ3) is 3.79. The molecule has 0 bridgehead atoms. The van der Waals surface area contributed by atoms with Crippen molar-refractivity contribution in [3.05, 3.63) is 83.9 Å². The number of aromatic nitrogens is 1. The predicted molar refractivity (Wildman–Crippen MR) is 114 cm³/mol. The Bertz CT molecular complexity index is 1100. The number of fused-ring (bicyclic) bond motifs is 3. The molecule has 3 heteroatoms. The molecule has 3 nitrogen and oxygen atoms in total. The van der Waals surface area contributed by atoms with Crippen LogP contribution in [0.25, 0.3) is 21.8 Å². The monoisotopic (exact) mass is 371 g/mol. The van der Waals surface area contributed by atoms with Crippen LogP contribution in [0.4, 0.5) is 0 Å². The molecule has 0 atom stereocenters. The van der Waals surface area contributed by atoms with Gasteiger partial charge in [0.1, 0.15) is 6.61 Å². The molecule has 0 aliphatic carbocycles. The van der Waals surface area contributed by atoms with Crippen LogP contribution in [0.15, 0.2) is 72.8 Å². The Morgan fingerprint density at radius 3 is 2.43 bits per heavy atom. The molecule has 0 aliphatic heterocycles. The van der Waals surface area contributed by atoms with Crippen molar-refractivity contribution in [2.75, 3.05) is 0 Å². The van der Waals surface area contributed by atoms with E-state index in [2.05, 4.69) is 66.1 Å². The van der Waals surface area contributed by atoms with E-state index in [9.17, 15) is 4.79 Å². The van der Waals surface area contributed by atoms with Crippen molar-refractivity contribution in [2.45, 2.75) is 39.3 Å². The van der Waals surface area contributed by atoms with Gasteiger partial charge >= 0.3 is 5.97 Å². The van der Waals surface area contributed by atoms with Crippen LogP contribution in [0.3, 0.4) is 0 Å². The molecule has 3 aromatic carbocycles. The number of carbonyl (C=O) groups is 1. The number of rotatable bonds is 7. The number of hydrogen-bond acceptors (Lipinski definition) is 2. The maximum Gasteiger partial charge on any atom is 0.306 e. The lowest BCUT2D eigenvalue weighted by Gasteiger charge is -2.07. The number of aryl methyl sites for hydroxylation is 2. The van der Waals surface area contributed by atoms with E-state index in [4.69, 9.17) is 4.74 Å². The summed E-state index contributed by atoms with van der Waals surface area (Å²) in [5, 5.41) is 2.46. The van der Waals surface area contributed by atoms with Crippen molar-refractivity contribution in [3.63, 3.8) is 0 Å². The zero-order chi connectivity index (χ0) is 19.3. The molecule has 0 amide bonds. The highest BCUT2D eigenvalue weighted by Gasteiger charge is 2.10. The number of ether oxygens (including phenoxy) is 1. The first kappa shape index (κ1) is 18.3. The van der Waals surface area contributed by atoms with Crippen LogP contribution in [0.1, 0.15) is 30.9 Å². The molecule has 0 saturated heterocycles. The summed E-state index contributed by atoms with van der Waals surface area (Å²) in [5.74, 6) is -0.132. The van der Waals surface area contributed by atoms with Crippen LogP contribution in [0.5, 0.6) is 0 Å². The quantitative estimate of drug-likeness (QED) is 0.380. The van der Waals surface area contributed by atoms with Gasteiger partial charge in [-0.2, -0.15) is 0 Å². The zero-order valence-corrected chi connectivity index (χ0v) is 16.2. The van der Waals surface area contributed by atoms with Gasteiger partial charge in [-0.05, 0) is 49.1 Å². The fourth-order valence-corrected chi connectivity index (χ4v) is 3.85. The van der Waals surface area contributed by atoms with Gasteiger partial charge in [-0.1, -0.05) is 54.6 Å². The molecular weight excluding hydrogens is 346 g/mol. The summed E-state index contributed by atoms with van der Waals surface area (Å²) in [6.45, 7) is 3.42. The molecule has 1 heterocycles. The second-order valence-electron chi connectivity index (χ2n) is 7.11. The summed E-state index contributed by atoms with van der Waals surface area (Å²) >= 11 is 0. The fraction of sp³-hybridized carbons (Fsp3) is 0.240. The molecule has 0 N–H and O–H groups in total. The molecule has 4 aromatic rings. The second-order valence-corrected chi connectivity index (χ2v) is 7.11. The third-order valence-electron chi connectivity index (χ3n) is 5.24. The number of esters is 1. The summed E-state index contributed by atoms with van der Waals surface area (Å²) < 4.78 is 7.84. The van der Waals surface area contributed by atoms with Crippen LogP contribution in [0.2, 0.25) is 0 Å². The van der Waals surface area contributed by atoms with Gasteiger partial charge in [-0.3, -0.25) is 4.79 Å². The van der Waals surface area contributed by atoms with Gasteiger partial charge in [-0.15, -0.1) is 0 Å². The number of para-hydroxylation sites is 1. The van der Waals surface area contributed by atoms with Gasteiger partial charge in [0.2, 0.25) is 0 Å². The molecule has 1 aromatic heterocycles. The average molecular weight is 371 g/mol. The Labute approximate surface area is 165 Å². The Balaban J connectivity index is 1.41. The van der Waals surface area contributed by atoms with Crippen molar-refractivity contribution in [2.24, 2.45) is 0 Å². The first-order chi connectivity index (χ1) is 13.8. The molecule has 0 aliphatic rings. The van der Waals surface area contributed by atoms with E-state index in [1.54, 1.807) is 0 Å². The maximum atomic E-state index is 12.1. The molecule has 0 fully saturated rings. The van der Waals surface area contributed by atoms with Gasteiger partial charge < -0.3 is 9.30 Å². The van der Waals surface area contributed by atoms with E-state index in [1.807, 2.05) is 18.2 Å². The largest absolute Gasteiger partial charge is 0.461 e. The Morgan fingerprint density at radius 2 is 1.61 bits per heavy atom. The van der Waals surface area contributed by atoms with Crippen molar-refractivity contribution < 1.29 is 9.53 Å². The molecule has 0 saturated carbocycles. The molecule has 142 valence electrons. The van der Waals surface area contributed by atoms with Gasteiger partial charge in [0.05, 0.1) is 0 Å². The van der Waals surface area contributed by atoms with E-state index in [-0.39, 0.29) is 5.97 Å². The van der Waals surface area contributed by atoms with Gasteiger partial charge in [0, 0.05) is 34.8 Å². The van der Waals surface area contributed by atoms with Gasteiger partial charge in [0.15, 0.2) is 0 Å². The molecule has 0 radical (unpaired) electrons. The van der Waals surface area contributed by atoms with E-state index >= 15 is 0 Å². The van der Waals surface area contributed by atoms with Crippen LogP contribution >= 0.6 is 0 Å². The Morgan fingerprint density at radius 1 is 0.857 bits per heavy atom. The number of nitrogens with zero attached hydrogens (tertiary/aromatic N) is 1. The number of carbonyl (C=O) groups excluding carboxylic acids is 1. The highest BCUT2D eigenvalue weighted by Crippen LogP contribution is 2.29. The highest BCUT2D eigenvalue weighted by atomic mass is 16.5. The molecular formula is C25H25NO2. The van der Waals surface area contributed by atoms with Crippen molar-refractivity contribution >= 4 is 27.8 Å². The highest BCUT2D eigenvalue weighted by molar-refractivity contribution is 6.08. The number of benzene rings is 3. The summed E-state index contributed by atoms with van der Waals surface area (Å²) in [7, 11) is 0. The average Bonchev–Trinajstić information content (AvgIpc) is 3.06. The summed E-state index contributed by atoms with van der Waals surface area (Å²) in [5.41, 5.74) is 4.76. The lowest BCUT2D eigenvalue weighted by Crippen LogP contribution is -2.05. The summed E-state index contributed by atoms with van der Waals surface area (Å²) in [6, 6.07) is 25.1. The third-order valence-corrected chi connectivity index (χ3v) is 5.24. The summed E-state index contributed by atoms with van der Waals surface area (Å²) in [4.78, 5) is 12.1. The first-order valence-corrected chi connectivity index (χ1v) is 9.95. The molecule has 4 rings (SSSR count). The van der Waals surface area contributed by atoms with Crippen LogP contribution < -0.4 is 0 Å². The second kappa shape index (κ2) is 8.30. The van der Waals surface area contributed by atoms with E-state index in [0.717, 1.165) is 24.9 Å². The maximum absolute atomic E-state index is 12.1. The number of hydrogen-bond donors (Lipinski definition) is 0. The lowest BCUT2D eigenvalue weighted by molar-refractivity contribution is -0.145. The van der Waals surface area contributed by atoms with E-state index in [1.165, 1.54) is 27.4 Å². The lowest BCUT2D eigenvalue weighted by atomic mass is 10.1. The fourth-order valence-electron chi connectivity index (χ4n) is 3.85. The van der Waals surface area contributed by atoms with Crippen LogP contribution in [-0.2, 0) is 29.1 Å². The molecule has 0 spiro atoms. The smallest absolute Gasteiger partial charge is 0.306 e.